The molecule has 16 nitrogen and oxygen atoms in total. The van der Waals surface area contributed by atoms with E-state index in [2.05, 4.69) is 31.3 Å². The number of benzene rings is 6. The molecule has 360 valence electrons. The predicted molar refractivity (Wildman–Crippen MR) is 288 cm³/mol. The summed E-state index contributed by atoms with van der Waals surface area (Å²) in [6.07, 6.45) is 0. The lowest BCUT2D eigenvalue weighted by Gasteiger charge is -2.23. The molecule has 0 aromatic heterocycles. The Bertz CT molecular complexity index is 2840. The maximum absolute atomic E-state index is 14.8. The van der Waals surface area contributed by atoms with Crippen molar-refractivity contribution in [2.24, 2.45) is 9.98 Å². The van der Waals surface area contributed by atoms with Gasteiger partial charge in [-0.25, -0.2) is 48.4 Å². The van der Waals surface area contributed by atoms with Crippen LogP contribution in [0.1, 0.15) is 33.4 Å². The molecule has 6 aromatic rings. The van der Waals surface area contributed by atoms with Crippen molar-refractivity contribution in [1.29, 1.82) is 0 Å². The number of nitrogens with zero attached hydrogens (tertiary/aromatic N) is 6. The quantitative estimate of drug-likeness (QED) is 0.0968. The van der Waals surface area contributed by atoms with Crippen LogP contribution < -0.4 is 31.1 Å². The molecule has 2 unspecified atom stereocenters. The fraction of sp³-hybridized carbons (Fsp3) is 0.154. The average Bonchev–Trinajstić information content (AvgIpc) is 3.77. The number of nitrogens with one attached hydrogen (secondary N) is 4. The van der Waals surface area contributed by atoms with Crippen LogP contribution >= 0.6 is 31.4 Å². The SMILES string of the molecule is Cc1ccc(NC(=O)/N=C2/C(SSSC3/C(=N/C(=O)Nc4ccc(C)cc4)N(c4ccc(C)cc4)C(=O)N3C(=O)Nc3ccc(C)cc3)N(C(=O)Nc3ccc(C)cc3)C(=O)N2c2ccc(C)cc2)cc1. The van der Waals surface area contributed by atoms with Crippen molar-refractivity contribution in [1.82, 2.24) is 9.80 Å². The van der Waals surface area contributed by atoms with E-state index in [4.69, 9.17) is 0 Å². The third-order valence-electron chi connectivity index (χ3n) is 11.1. The molecule has 6 aromatic carbocycles. The molecule has 0 radical (unpaired) electrons. The molecular weight excluding hydrogens is 957 g/mol. The van der Waals surface area contributed by atoms with Crippen LogP contribution in [-0.2, 0) is 0 Å². The van der Waals surface area contributed by atoms with Crippen LogP contribution in [0, 0.1) is 41.5 Å². The fourth-order valence-corrected chi connectivity index (χ4v) is 11.8. The minimum Gasteiger partial charge on any atom is -0.307 e. The van der Waals surface area contributed by atoms with Gasteiger partial charge in [0.1, 0.15) is 0 Å². The zero-order valence-corrected chi connectivity index (χ0v) is 41.8. The van der Waals surface area contributed by atoms with E-state index in [0.717, 1.165) is 74.6 Å². The van der Waals surface area contributed by atoms with Gasteiger partial charge in [-0.3, -0.25) is 0 Å². The van der Waals surface area contributed by atoms with E-state index in [0.29, 0.717) is 34.1 Å². The monoisotopic (exact) mass is 1000 g/mol. The number of aliphatic imine (C=N–C) groups is 2. The maximum Gasteiger partial charge on any atom is 0.347 e. The van der Waals surface area contributed by atoms with Gasteiger partial charge in [0.15, 0.2) is 22.4 Å². The van der Waals surface area contributed by atoms with Gasteiger partial charge in [0, 0.05) is 22.7 Å². The van der Waals surface area contributed by atoms with Crippen LogP contribution in [0.25, 0.3) is 0 Å². The van der Waals surface area contributed by atoms with Crippen molar-refractivity contribution >= 4 is 113 Å². The van der Waals surface area contributed by atoms with Gasteiger partial charge in [0.25, 0.3) is 0 Å². The number of amides is 12. The van der Waals surface area contributed by atoms with E-state index in [1.165, 1.54) is 9.80 Å². The number of amidine groups is 2. The van der Waals surface area contributed by atoms with Gasteiger partial charge in [0.05, 0.1) is 11.4 Å². The molecule has 2 heterocycles. The lowest BCUT2D eigenvalue weighted by molar-refractivity contribution is 0.206. The van der Waals surface area contributed by atoms with E-state index in [9.17, 15) is 28.8 Å². The molecule has 0 saturated carbocycles. The van der Waals surface area contributed by atoms with Crippen LogP contribution in [0.3, 0.4) is 0 Å². The topological polar surface area (TPSA) is 188 Å². The summed E-state index contributed by atoms with van der Waals surface area (Å²) in [6.45, 7) is 11.4. The summed E-state index contributed by atoms with van der Waals surface area (Å²) in [6, 6.07) is 37.2. The average molecular weight is 1010 g/mol. The second-order valence-electron chi connectivity index (χ2n) is 16.7. The number of rotatable bonds is 10. The Morgan fingerprint density at radius 3 is 0.930 bits per heavy atom. The highest BCUT2D eigenvalue weighted by Gasteiger charge is 2.51. The Balaban J connectivity index is 1.20. The Morgan fingerprint density at radius 1 is 0.394 bits per heavy atom. The highest BCUT2D eigenvalue weighted by molar-refractivity contribution is 9.09. The summed E-state index contributed by atoms with van der Waals surface area (Å²) in [5.74, 6) is -0.213. The number of carbonyl (C=O) groups is 6. The predicted octanol–water partition coefficient (Wildman–Crippen LogP) is 13.1. The minimum atomic E-state index is -1.30. The zero-order chi connectivity index (χ0) is 50.3. The Hall–Kier alpha value is -7.87. The smallest absolute Gasteiger partial charge is 0.307 e. The second-order valence-corrected chi connectivity index (χ2v) is 20.9. The van der Waals surface area contributed by atoms with Gasteiger partial charge in [-0.05, 0) is 146 Å². The molecule has 2 aliphatic rings. The second kappa shape index (κ2) is 21.8. The third-order valence-corrected chi connectivity index (χ3v) is 15.4. The molecular formula is C52H48N10O6S3. The van der Waals surface area contributed by atoms with E-state index < -0.39 is 46.9 Å². The molecule has 2 fully saturated rings. The fourth-order valence-electron chi connectivity index (χ4n) is 7.23. The number of hydrogen-bond acceptors (Lipinski definition) is 9. The summed E-state index contributed by atoms with van der Waals surface area (Å²) < 4.78 is 0. The lowest BCUT2D eigenvalue weighted by atomic mass is 10.2. The molecule has 0 spiro atoms. The molecule has 12 amide bonds. The number of carbonyl (C=O) groups excluding carboxylic acids is 6. The van der Waals surface area contributed by atoms with E-state index in [1.807, 2.05) is 90.1 Å². The first-order valence-corrected chi connectivity index (χ1v) is 25.8. The third kappa shape index (κ3) is 11.8. The Kier molecular flexibility index (Phi) is 15.2. The molecule has 4 N–H and O–H groups in total. The minimum absolute atomic E-state index is 0.107. The molecule has 2 atom stereocenters. The number of anilines is 6. The van der Waals surface area contributed by atoms with Crippen LogP contribution in [0.2, 0.25) is 0 Å². The van der Waals surface area contributed by atoms with Crippen molar-refractivity contribution < 1.29 is 28.8 Å². The highest BCUT2D eigenvalue weighted by atomic mass is 33.5. The van der Waals surface area contributed by atoms with Gasteiger partial charge in [-0.1, -0.05) is 106 Å². The van der Waals surface area contributed by atoms with Crippen molar-refractivity contribution in [2.45, 2.75) is 52.3 Å². The summed E-state index contributed by atoms with van der Waals surface area (Å²) in [7, 11) is 2.90. The summed E-state index contributed by atoms with van der Waals surface area (Å²) in [4.78, 5) is 99.6. The number of urea groups is 6. The number of aryl methyl sites for hydroxylation is 6. The molecule has 2 saturated heterocycles. The number of hydrogen-bond donors (Lipinski definition) is 4. The van der Waals surface area contributed by atoms with Crippen molar-refractivity contribution in [2.75, 3.05) is 31.1 Å². The maximum atomic E-state index is 14.8. The van der Waals surface area contributed by atoms with Crippen molar-refractivity contribution in [3.63, 3.8) is 0 Å². The van der Waals surface area contributed by atoms with E-state index >= 15 is 0 Å². The first-order chi connectivity index (χ1) is 34.1. The van der Waals surface area contributed by atoms with Crippen LogP contribution in [0.15, 0.2) is 156 Å². The lowest BCUT2D eigenvalue weighted by Crippen LogP contribution is -2.42. The molecule has 0 bridgehead atoms. The van der Waals surface area contributed by atoms with E-state index in [1.54, 1.807) is 97.1 Å². The normalized spacial score (nSPS) is 16.7. The summed E-state index contributed by atoms with van der Waals surface area (Å²) >= 11 is 0. The van der Waals surface area contributed by atoms with Gasteiger partial charge in [-0.15, -0.1) is 0 Å². The largest absolute Gasteiger partial charge is 0.347 e. The summed E-state index contributed by atoms with van der Waals surface area (Å²) in [5, 5.41) is 8.55. The molecule has 8 rings (SSSR count). The first kappa shape index (κ1) is 49.5. The van der Waals surface area contributed by atoms with Crippen molar-refractivity contribution in [3.8, 4) is 0 Å². The van der Waals surface area contributed by atoms with Crippen molar-refractivity contribution in [3.05, 3.63) is 179 Å². The summed E-state index contributed by atoms with van der Waals surface area (Å²) in [5.41, 5.74) is 8.02. The van der Waals surface area contributed by atoms with Gasteiger partial charge < -0.3 is 21.3 Å². The molecule has 19 heteroatoms. The zero-order valence-electron chi connectivity index (χ0n) is 39.4. The van der Waals surface area contributed by atoms with E-state index in [-0.39, 0.29) is 11.7 Å². The molecule has 2 aliphatic heterocycles. The van der Waals surface area contributed by atoms with Crippen LogP contribution in [0.5, 0.6) is 0 Å². The van der Waals surface area contributed by atoms with Gasteiger partial charge in [0.2, 0.25) is 0 Å². The van der Waals surface area contributed by atoms with Crippen LogP contribution in [0.4, 0.5) is 62.9 Å². The molecule has 71 heavy (non-hydrogen) atoms. The Morgan fingerprint density at radius 2 is 0.648 bits per heavy atom. The Labute approximate surface area is 422 Å². The van der Waals surface area contributed by atoms with Crippen LogP contribution in [-0.4, -0.2) is 68.4 Å². The first-order valence-electron chi connectivity index (χ1n) is 22.2. The highest BCUT2D eigenvalue weighted by Crippen LogP contribution is 2.48. The van der Waals surface area contributed by atoms with Gasteiger partial charge in [-0.2, -0.15) is 9.98 Å². The molecule has 0 aliphatic carbocycles. The van der Waals surface area contributed by atoms with Gasteiger partial charge >= 0.3 is 36.2 Å². The number of imide groups is 2. The standard InChI is InChI=1S/C52H48N10O6S3/c1-31-7-19-37(20-8-31)53-47(63)57-43-45(61(49(65)55-39-23-11-33(3)12-24-39)51(67)59(43)41-27-15-35(5)16-28-41)69-71-70-46-44(58-48(64)54-38-21-9-32(2)10-22-38)60(42-29-17-36(6)18-30-42)52(68)62(46)50(66)56-40-25-13-34(4)14-26-40/h7-30,45-46H,1-6H3,(H,53,63)(H,54,64)(H,55,65)(H,56,66)/b57-43-,58-44-.